The maximum atomic E-state index is 5.57. The first kappa shape index (κ1) is 11.3. The third kappa shape index (κ3) is 2.01. The molecule has 4 heteroatoms. The molecule has 0 aliphatic carbocycles. The molecule has 3 nitrogen and oxygen atoms in total. The molecule has 0 aromatic carbocycles. The number of hydrogen-bond donors (Lipinski definition) is 0. The monoisotopic (exact) mass is 207 g/mol. The first-order chi connectivity index (χ1) is 5.96. The van der Waals surface area contributed by atoms with Gasteiger partial charge in [0.1, 0.15) is 0 Å². The van der Waals surface area contributed by atoms with Gasteiger partial charge in [-0.3, -0.25) is 8.37 Å². The van der Waals surface area contributed by atoms with Gasteiger partial charge in [0.25, 0.3) is 0 Å². The molecule has 1 aliphatic rings. The van der Waals surface area contributed by atoms with Crippen molar-refractivity contribution < 1.29 is 8.37 Å². The van der Waals surface area contributed by atoms with Gasteiger partial charge >= 0.3 is 0 Å². The quantitative estimate of drug-likeness (QED) is 0.693. The predicted molar refractivity (Wildman–Crippen MR) is 57.6 cm³/mol. The zero-order valence-corrected chi connectivity index (χ0v) is 10.1. The SMILES string of the molecule is COS1(OC)CCCN1C(C)(C)C. The fourth-order valence-corrected chi connectivity index (χ4v) is 4.59. The largest absolute Gasteiger partial charge is 0.274 e. The van der Waals surface area contributed by atoms with Gasteiger partial charge in [0.05, 0.1) is 20.0 Å². The van der Waals surface area contributed by atoms with Crippen molar-refractivity contribution in [2.24, 2.45) is 0 Å². The van der Waals surface area contributed by atoms with Gasteiger partial charge in [-0.2, -0.15) is 0 Å². The van der Waals surface area contributed by atoms with Gasteiger partial charge in [-0.1, -0.05) is 0 Å². The minimum absolute atomic E-state index is 0.137. The van der Waals surface area contributed by atoms with E-state index in [0.717, 1.165) is 12.3 Å². The van der Waals surface area contributed by atoms with Crippen LogP contribution in [0.4, 0.5) is 0 Å². The molecule has 0 radical (unpaired) electrons. The van der Waals surface area contributed by atoms with Gasteiger partial charge in [-0.05, 0) is 27.2 Å². The van der Waals surface area contributed by atoms with E-state index in [1.54, 1.807) is 14.2 Å². The van der Waals surface area contributed by atoms with Crippen molar-refractivity contribution in [3.8, 4) is 0 Å². The minimum Gasteiger partial charge on any atom is -0.274 e. The van der Waals surface area contributed by atoms with Gasteiger partial charge in [-0.25, -0.2) is 4.31 Å². The lowest BCUT2D eigenvalue weighted by atomic mass is 10.1. The molecule has 1 fully saturated rings. The maximum Gasteiger partial charge on any atom is 0.0620 e. The summed E-state index contributed by atoms with van der Waals surface area (Å²) >= 11 is 0. The molecular formula is C9H21NO2S. The molecule has 0 saturated carbocycles. The van der Waals surface area contributed by atoms with E-state index in [0.29, 0.717) is 0 Å². The van der Waals surface area contributed by atoms with Crippen LogP contribution in [0.3, 0.4) is 0 Å². The summed E-state index contributed by atoms with van der Waals surface area (Å²) in [5.74, 6) is 1.04. The third-order valence-electron chi connectivity index (χ3n) is 2.37. The van der Waals surface area contributed by atoms with E-state index in [1.807, 2.05) is 0 Å². The van der Waals surface area contributed by atoms with Crippen molar-refractivity contribution >= 4 is 10.8 Å². The molecular weight excluding hydrogens is 186 g/mol. The van der Waals surface area contributed by atoms with E-state index < -0.39 is 10.8 Å². The Kier molecular flexibility index (Phi) is 3.28. The molecule has 0 aromatic rings. The molecule has 0 bridgehead atoms. The van der Waals surface area contributed by atoms with E-state index in [9.17, 15) is 0 Å². The van der Waals surface area contributed by atoms with Crippen LogP contribution in [0, 0.1) is 0 Å². The summed E-state index contributed by atoms with van der Waals surface area (Å²) in [5.41, 5.74) is 0.137. The van der Waals surface area contributed by atoms with Gasteiger partial charge in [-0.15, -0.1) is 10.8 Å². The maximum absolute atomic E-state index is 5.57. The Morgan fingerprint density at radius 1 is 1.15 bits per heavy atom. The number of hydrogen-bond acceptors (Lipinski definition) is 3. The zero-order chi connectivity index (χ0) is 10.1. The molecule has 0 N–H and O–H groups in total. The van der Waals surface area contributed by atoms with Gasteiger partial charge < -0.3 is 0 Å². The van der Waals surface area contributed by atoms with E-state index >= 15 is 0 Å². The van der Waals surface area contributed by atoms with E-state index in [1.165, 1.54) is 6.42 Å². The van der Waals surface area contributed by atoms with Crippen molar-refractivity contribution in [3.63, 3.8) is 0 Å². The fraction of sp³-hybridized carbons (Fsp3) is 1.00. The van der Waals surface area contributed by atoms with Crippen molar-refractivity contribution in [2.75, 3.05) is 26.5 Å². The number of nitrogens with zero attached hydrogens (tertiary/aromatic N) is 1. The summed E-state index contributed by atoms with van der Waals surface area (Å²) in [7, 11) is 2.10. The second kappa shape index (κ2) is 3.77. The van der Waals surface area contributed by atoms with Crippen LogP contribution < -0.4 is 0 Å². The van der Waals surface area contributed by atoms with Crippen LogP contribution in [0.5, 0.6) is 0 Å². The van der Waals surface area contributed by atoms with Crippen LogP contribution in [0.2, 0.25) is 0 Å². The van der Waals surface area contributed by atoms with Gasteiger partial charge in [0.15, 0.2) is 0 Å². The van der Waals surface area contributed by atoms with Crippen LogP contribution in [-0.2, 0) is 8.37 Å². The molecule has 0 atom stereocenters. The molecule has 0 amide bonds. The average Bonchev–Trinajstić information content (AvgIpc) is 2.47. The summed E-state index contributed by atoms with van der Waals surface area (Å²) in [5, 5.41) is 0. The molecule has 1 heterocycles. The summed E-state index contributed by atoms with van der Waals surface area (Å²) < 4.78 is 13.5. The van der Waals surface area contributed by atoms with Crippen LogP contribution in [0.15, 0.2) is 0 Å². The fourth-order valence-electron chi connectivity index (χ4n) is 1.81. The highest BCUT2D eigenvalue weighted by molar-refractivity contribution is 8.24. The molecule has 0 unspecified atom stereocenters. The Hall–Kier alpha value is 0.230. The van der Waals surface area contributed by atoms with Gasteiger partial charge in [0.2, 0.25) is 0 Å². The highest BCUT2D eigenvalue weighted by Gasteiger charge is 2.39. The zero-order valence-electron chi connectivity index (χ0n) is 9.29. The summed E-state index contributed by atoms with van der Waals surface area (Å²) in [4.78, 5) is 0. The summed E-state index contributed by atoms with van der Waals surface area (Å²) in [6, 6.07) is 0. The van der Waals surface area contributed by atoms with Crippen LogP contribution in [-0.4, -0.2) is 36.4 Å². The molecule has 1 rings (SSSR count). The van der Waals surface area contributed by atoms with E-state index in [4.69, 9.17) is 8.37 Å². The average molecular weight is 207 g/mol. The van der Waals surface area contributed by atoms with Crippen LogP contribution >= 0.6 is 10.8 Å². The highest BCUT2D eigenvalue weighted by atomic mass is 32.3. The summed E-state index contributed by atoms with van der Waals surface area (Å²) in [6.07, 6.45) is 1.17. The Morgan fingerprint density at radius 2 is 1.69 bits per heavy atom. The standard InChI is InChI=1S/C9H21NO2S/c1-9(2,3)10-7-6-8-13(10,11-4)12-5/h6-8H2,1-5H3. The Bertz CT molecular complexity index is 175. The van der Waals surface area contributed by atoms with Crippen molar-refractivity contribution in [1.82, 2.24) is 4.31 Å². The molecule has 1 saturated heterocycles. The molecule has 1 aliphatic heterocycles. The first-order valence-electron chi connectivity index (χ1n) is 4.66. The Morgan fingerprint density at radius 3 is 2.00 bits per heavy atom. The topological polar surface area (TPSA) is 21.7 Å². The van der Waals surface area contributed by atoms with Crippen LogP contribution in [0.1, 0.15) is 27.2 Å². The van der Waals surface area contributed by atoms with Crippen molar-refractivity contribution in [2.45, 2.75) is 32.7 Å². The van der Waals surface area contributed by atoms with Crippen LogP contribution in [0.25, 0.3) is 0 Å². The lowest BCUT2D eigenvalue weighted by Crippen LogP contribution is -2.41. The second-order valence-corrected chi connectivity index (χ2v) is 6.93. The lowest BCUT2D eigenvalue weighted by molar-refractivity contribution is 0.216. The minimum atomic E-state index is -1.40. The van der Waals surface area contributed by atoms with Gasteiger partial charge in [0, 0.05) is 12.1 Å². The predicted octanol–water partition coefficient (Wildman–Crippen LogP) is 2.33. The Labute approximate surface area is 83.3 Å². The number of rotatable bonds is 2. The first-order valence-corrected chi connectivity index (χ1v) is 6.27. The lowest BCUT2D eigenvalue weighted by Gasteiger charge is -2.50. The molecule has 80 valence electrons. The Balaban J connectivity index is 2.84. The smallest absolute Gasteiger partial charge is 0.0620 e. The summed E-state index contributed by atoms with van der Waals surface area (Å²) in [6.45, 7) is 7.70. The second-order valence-electron chi connectivity index (χ2n) is 4.25. The van der Waals surface area contributed by atoms with Crippen molar-refractivity contribution in [1.29, 1.82) is 0 Å². The molecule has 0 spiro atoms. The van der Waals surface area contributed by atoms with E-state index in [-0.39, 0.29) is 5.54 Å². The highest BCUT2D eigenvalue weighted by Crippen LogP contribution is 2.59. The normalized spacial score (nSPS) is 26.2. The third-order valence-corrected chi connectivity index (χ3v) is 5.62. The van der Waals surface area contributed by atoms with Crippen molar-refractivity contribution in [3.05, 3.63) is 0 Å². The molecule has 13 heavy (non-hydrogen) atoms. The molecule has 0 aromatic heterocycles. The van der Waals surface area contributed by atoms with E-state index in [2.05, 4.69) is 25.1 Å².